The van der Waals surface area contributed by atoms with Gasteiger partial charge in [0.25, 0.3) is 0 Å². The Morgan fingerprint density at radius 1 is 1.35 bits per heavy atom. The van der Waals surface area contributed by atoms with Crippen LogP contribution in [0.25, 0.3) is 11.3 Å². The van der Waals surface area contributed by atoms with Gasteiger partial charge in [-0.15, -0.1) is 0 Å². The molecular weight excluding hydrogens is 292 g/mol. The van der Waals surface area contributed by atoms with Crippen molar-refractivity contribution in [3.63, 3.8) is 0 Å². The molecule has 1 aromatic carbocycles. The van der Waals surface area contributed by atoms with Gasteiger partial charge < -0.3 is 14.1 Å². The molecule has 2 aromatic rings. The van der Waals surface area contributed by atoms with Gasteiger partial charge in [-0.05, 0) is 13.8 Å². The number of benzene rings is 1. The zero-order valence-corrected chi connectivity index (χ0v) is 13.6. The highest BCUT2D eigenvalue weighted by Gasteiger charge is 2.21. The molecule has 1 aliphatic heterocycles. The van der Waals surface area contributed by atoms with E-state index in [1.165, 1.54) is 5.56 Å². The molecule has 23 heavy (non-hydrogen) atoms. The predicted molar refractivity (Wildman–Crippen MR) is 87.0 cm³/mol. The number of amides is 1. The van der Waals surface area contributed by atoms with Crippen molar-refractivity contribution in [2.24, 2.45) is 0 Å². The molecule has 0 bridgehead atoms. The normalized spacial score (nSPS) is 18.2. The van der Waals surface area contributed by atoms with Crippen LogP contribution in [0.5, 0.6) is 0 Å². The average Bonchev–Trinajstić information content (AvgIpc) is 3.02. The maximum absolute atomic E-state index is 12.2. The van der Waals surface area contributed by atoms with Crippen molar-refractivity contribution in [3.8, 4) is 11.3 Å². The molecule has 1 aliphatic rings. The van der Waals surface area contributed by atoms with E-state index in [9.17, 15) is 4.79 Å². The third kappa shape index (κ3) is 3.99. The standard InChI is InChI=1S/C18H22N2O3/c1-13-3-5-15(6-4-13)16-11-19-17(23-16)7-8-18(21)20-9-10-22-14(2)12-20/h3-6,11,14H,7-10,12H2,1-2H3. The van der Waals surface area contributed by atoms with Crippen molar-refractivity contribution in [3.05, 3.63) is 41.9 Å². The van der Waals surface area contributed by atoms with E-state index in [0.29, 0.717) is 38.4 Å². The van der Waals surface area contributed by atoms with Gasteiger partial charge in [-0.1, -0.05) is 29.8 Å². The van der Waals surface area contributed by atoms with Crippen LogP contribution in [0, 0.1) is 6.92 Å². The number of aromatic nitrogens is 1. The monoisotopic (exact) mass is 314 g/mol. The Kier molecular flexibility index (Phi) is 4.76. The minimum Gasteiger partial charge on any atom is -0.441 e. The van der Waals surface area contributed by atoms with Crippen LogP contribution in [-0.4, -0.2) is 41.6 Å². The number of aryl methyl sites for hydroxylation is 2. The fourth-order valence-corrected chi connectivity index (χ4v) is 2.69. The van der Waals surface area contributed by atoms with E-state index in [0.717, 1.165) is 11.3 Å². The molecule has 1 aromatic heterocycles. The molecule has 122 valence electrons. The maximum Gasteiger partial charge on any atom is 0.223 e. The Bertz CT molecular complexity index is 663. The van der Waals surface area contributed by atoms with Crippen LogP contribution < -0.4 is 0 Å². The molecule has 1 amide bonds. The Hall–Kier alpha value is -2.14. The molecule has 1 fully saturated rings. The summed E-state index contributed by atoms with van der Waals surface area (Å²) in [6.45, 7) is 5.99. The van der Waals surface area contributed by atoms with E-state index >= 15 is 0 Å². The zero-order chi connectivity index (χ0) is 16.2. The number of ether oxygens (including phenoxy) is 1. The van der Waals surface area contributed by atoms with Gasteiger partial charge in [0.1, 0.15) is 0 Å². The molecule has 2 heterocycles. The summed E-state index contributed by atoms with van der Waals surface area (Å²) < 4.78 is 11.2. The molecule has 1 atom stereocenters. The minimum atomic E-state index is 0.113. The number of carbonyl (C=O) groups excluding carboxylic acids is 1. The van der Waals surface area contributed by atoms with Gasteiger partial charge in [0, 0.05) is 31.5 Å². The first-order valence-electron chi connectivity index (χ1n) is 8.03. The number of rotatable bonds is 4. The second-order valence-electron chi connectivity index (χ2n) is 6.01. The summed E-state index contributed by atoms with van der Waals surface area (Å²) in [6, 6.07) is 8.11. The Labute approximate surface area is 136 Å². The van der Waals surface area contributed by atoms with Gasteiger partial charge in [0.05, 0.1) is 18.9 Å². The molecular formula is C18H22N2O3. The first kappa shape index (κ1) is 15.7. The molecule has 0 N–H and O–H groups in total. The van der Waals surface area contributed by atoms with Crippen molar-refractivity contribution < 1.29 is 13.9 Å². The van der Waals surface area contributed by atoms with Gasteiger partial charge in [0.2, 0.25) is 5.91 Å². The predicted octanol–water partition coefficient (Wildman–Crippen LogP) is 2.83. The summed E-state index contributed by atoms with van der Waals surface area (Å²) in [6.07, 6.45) is 2.78. The van der Waals surface area contributed by atoms with E-state index in [4.69, 9.17) is 9.15 Å². The average molecular weight is 314 g/mol. The lowest BCUT2D eigenvalue weighted by molar-refractivity contribution is -0.138. The van der Waals surface area contributed by atoms with E-state index in [-0.39, 0.29) is 12.0 Å². The number of hydrogen-bond acceptors (Lipinski definition) is 4. The Morgan fingerprint density at radius 2 is 2.13 bits per heavy atom. The molecule has 5 heteroatoms. The van der Waals surface area contributed by atoms with Gasteiger partial charge in [0.15, 0.2) is 11.7 Å². The SMILES string of the molecule is Cc1ccc(-c2cnc(CCC(=O)N3CCOC(C)C3)o2)cc1. The Morgan fingerprint density at radius 3 is 2.87 bits per heavy atom. The fraction of sp³-hybridized carbons (Fsp3) is 0.444. The van der Waals surface area contributed by atoms with Gasteiger partial charge in [-0.3, -0.25) is 4.79 Å². The van der Waals surface area contributed by atoms with E-state index in [1.54, 1.807) is 6.20 Å². The van der Waals surface area contributed by atoms with Gasteiger partial charge in [-0.25, -0.2) is 4.98 Å². The fourth-order valence-electron chi connectivity index (χ4n) is 2.69. The highest BCUT2D eigenvalue weighted by molar-refractivity contribution is 5.76. The third-order valence-corrected chi connectivity index (χ3v) is 4.04. The third-order valence-electron chi connectivity index (χ3n) is 4.04. The van der Waals surface area contributed by atoms with Crippen molar-refractivity contribution in [1.29, 1.82) is 0 Å². The first-order chi connectivity index (χ1) is 11.1. The van der Waals surface area contributed by atoms with Crippen LogP contribution in [-0.2, 0) is 16.0 Å². The second-order valence-corrected chi connectivity index (χ2v) is 6.01. The van der Waals surface area contributed by atoms with Gasteiger partial charge in [-0.2, -0.15) is 0 Å². The molecule has 3 rings (SSSR count). The molecule has 0 spiro atoms. The van der Waals surface area contributed by atoms with E-state index < -0.39 is 0 Å². The number of morpholine rings is 1. The minimum absolute atomic E-state index is 0.113. The lowest BCUT2D eigenvalue weighted by Crippen LogP contribution is -2.44. The summed E-state index contributed by atoms with van der Waals surface area (Å²) in [5.41, 5.74) is 2.21. The molecule has 1 saturated heterocycles. The van der Waals surface area contributed by atoms with Crippen LogP contribution in [0.3, 0.4) is 0 Å². The van der Waals surface area contributed by atoms with Crippen molar-refractivity contribution in [1.82, 2.24) is 9.88 Å². The summed E-state index contributed by atoms with van der Waals surface area (Å²) in [5, 5.41) is 0. The lowest BCUT2D eigenvalue weighted by Gasteiger charge is -2.31. The highest BCUT2D eigenvalue weighted by Crippen LogP contribution is 2.21. The maximum atomic E-state index is 12.2. The van der Waals surface area contributed by atoms with Crippen LogP contribution in [0.2, 0.25) is 0 Å². The second kappa shape index (κ2) is 6.96. The van der Waals surface area contributed by atoms with Crippen molar-refractivity contribution in [2.45, 2.75) is 32.8 Å². The largest absolute Gasteiger partial charge is 0.441 e. The summed E-state index contributed by atoms with van der Waals surface area (Å²) >= 11 is 0. The van der Waals surface area contributed by atoms with Crippen molar-refractivity contribution >= 4 is 5.91 Å². The van der Waals surface area contributed by atoms with Crippen LogP contribution >= 0.6 is 0 Å². The van der Waals surface area contributed by atoms with Crippen LogP contribution in [0.15, 0.2) is 34.9 Å². The molecule has 0 radical (unpaired) electrons. The highest BCUT2D eigenvalue weighted by atomic mass is 16.5. The molecule has 5 nitrogen and oxygen atoms in total. The Balaban J connectivity index is 1.56. The molecule has 1 unspecified atom stereocenters. The molecule has 0 saturated carbocycles. The number of oxazole rings is 1. The smallest absolute Gasteiger partial charge is 0.223 e. The number of hydrogen-bond donors (Lipinski definition) is 0. The topological polar surface area (TPSA) is 55.6 Å². The summed E-state index contributed by atoms with van der Waals surface area (Å²) in [7, 11) is 0. The van der Waals surface area contributed by atoms with Crippen molar-refractivity contribution in [2.75, 3.05) is 19.7 Å². The zero-order valence-electron chi connectivity index (χ0n) is 13.6. The van der Waals surface area contributed by atoms with Gasteiger partial charge >= 0.3 is 0 Å². The van der Waals surface area contributed by atoms with Crippen LogP contribution in [0.4, 0.5) is 0 Å². The number of carbonyl (C=O) groups is 1. The van der Waals surface area contributed by atoms with E-state index in [1.807, 2.05) is 43.0 Å². The number of nitrogens with zero attached hydrogens (tertiary/aromatic N) is 2. The van der Waals surface area contributed by atoms with Crippen LogP contribution in [0.1, 0.15) is 24.8 Å². The van der Waals surface area contributed by atoms with E-state index in [2.05, 4.69) is 4.98 Å². The summed E-state index contributed by atoms with van der Waals surface area (Å²) in [4.78, 5) is 18.4. The quantitative estimate of drug-likeness (QED) is 0.871. The summed E-state index contributed by atoms with van der Waals surface area (Å²) in [5.74, 6) is 1.48. The molecule has 0 aliphatic carbocycles. The lowest BCUT2D eigenvalue weighted by atomic mass is 10.1. The first-order valence-corrected chi connectivity index (χ1v) is 8.03.